The number of ether oxygens (including phenoxy) is 2. The van der Waals surface area contributed by atoms with Gasteiger partial charge in [0.1, 0.15) is 6.10 Å². The van der Waals surface area contributed by atoms with Crippen LogP contribution in [0.2, 0.25) is 0 Å². The maximum absolute atomic E-state index is 5.90. The zero-order chi connectivity index (χ0) is 15.3. The zero-order valence-electron chi connectivity index (χ0n) is 13.8. The summed E-state index contributed by atoms with van der Waals surface area (Å²) < 4.78 is 11.1. The Morgan fingerprint density at radius 2 is 1.90 bits per heavy atom. The van der Waals surface area contributed by atoms with Crippen molar-refractivity contribution in [2.45, 2.75) is 51.7 Å². The standard InChI is InChI=1S/C18H29NO2/c1-5-10-19-17(13-21-16-11-20-12-16)14-6-8-15(9-7-14)18(2,3)4/h6-9,16-17,19H,5,10-13H2,1-4H3. The third-order valence-corrected chi connectivity index (χ3v) is 3.93. The van der Waals surface area contributed by atoms with Crippen molar-refractivity contribution in [3.05, 3.63) is 35.4 Å². The smallest absolute Gasteiger partial charge is 0.104 e. The van der Waals surface area contributed by atoms with Gasteiger partial charge < -0.3 is 14.8 Å². The Kier molecular flexibility index (Phi) is 5.80. The third-order valence-electron chi connectivity index (χ3n) is 3.93. The van der Waals surface area contributed by atoms with E-state index in [-0.39, 0.29) is 17.6 Å². The lowest BCUT2D eigenvalue weighted by Crippen LogP contribution is -2.38. The molecule has 0 spiro atoms. The van der Waals surface area contributed by atoms with Crippen LogP contribution >= 0.6 is 0 Å². The van der Waals surface area contributed by atoms with Crippen molar-refractivity contribution in [1.82, 2.24) is 5.32 Å². The van der Waals surface area contributed by atoms with E-state index in [0.717, 1.165) is 26.2 Å². The molecule has 21 heavy (non-hydrogen) atoms. The van der Waals surface area contributed by atoms with Crippen molar-refractivity contribution in [2.24, 2.45) is 0 Å². The Bertz CT molecular complexity index is 418. The highest BCUT2D eigenvalue weighted by Crippen LogP contribution is 2.24. The van der Waals surface area contributed by atoms with E-state index in [4.69, 9.17) is 9.47 Å². The molecule has 0 aliphatic carbocycles. The minimum atomic E-state index is 0.199. The maximum Gasteiger partial charge on any atom is 0.104 e. The summed E-state index contributed by atoms with van der Waals surface area (Å²) in [5.74, 6) is 0. The van der Waals surface area contributed by atoms with E-state index in [9.17, 15) is 0 Å². The van der Waals surface area contributed by atoms with Crippen LogP contribution < -0.4 is 5.32 Å². The van der Waals surface area contributed by atoms with E-state index < -0.39 is 0 Å². The normalized spacial score (nSPS) is 17.5. The molecule has 0 bridgehead atoms. The molecule has 1 fully saturated rings. The molecule has 0 amide bonds. The molecule has 1 aromatic rings. The second-order valence-corrected chi connectivity index (χ2v) is 6.87. The first-order chi connectivity index (χ1) is 10.0. The van der Waals surface area contributed by atoms with Crippen molar-refractivity contribution >= 4 is 0 Å². The van der Waals surface area contributed by atoms with E-state index in [2.05, 4.69) is 57.3 Å². The first kappa shape index (κ1) is 16.5. The molecular weight excluding hydrogens is 262 g/mol. The van der Waals surface area contributed by atoms with Crippen molar-refractivity contribution in [3.63, 3.8) is 0 Å². The minimum absolute atomic E-state index is 0.199. The summed E-state index contributed by atoms with van der Waals surface area (Å²) in [5.41, 5.74) is 2.87. The Balaban J connectivity index is 2.00. The van der Waals surface area contributed by atoms with Gasteiger partial charge in [0.2, 0.25) is 0 Å². The SMILES string of the molecule is CCCNC(COC1COC1)c1ccc(C(C)(C)C)cc1. The lowest BCUT2D eigenvalue weighted by molar-refractivity contribution is -0.133. The van der Waals surface area contributed by atoms with Gasteiger partial charge in [0.15, 0.2) is 0 Å². The largest absolute Gasteiger partial charge is 0.376 e. The molecular formula is C18H29NO2. The fourth-order valence-corrected chi connectivity index (χ4v) is 2.35. The maximum atomic E-state index is 5.90. The number of benzene rings is 1. The number of hydrogen-bond donors (Lipinski definition) is 1. The Morgan fingerprint density at radius 3 is 2.38 bits per heavy atom. The molecule has 1 aliphatic rings. The summed E-state index contributed by atoms with van der Waals surface area (Å²) in [5, 5.41) is 3.58. The highest BCUT2D eigenvalue weighted by atomic mass is 16.6. The molecule has 1 atom stereocenters. The van der Waals surface area contributed by atoms with Crippen LogP contribution in [0.1, 0.15) is 51.3 Å². The molecule has 0 saturated carbocycles. The van der Waals surface area contributed by atoms with Crippen LogP contribution in [0.25, 0.3) is 0 Å². The van der Waals surface area contributed by atoms with Crippen LogP contribution in [0.4, 0.5) is 0 Å². The van der Waals surface area contributed by atoms with Crippen molar-refractivity contribution in [1.29, 1.82) is 0 Å². The Labute approximate surface area is 129 Å². The van der Waals surface area contributed by atoms with E-state index in [1.54, 1.807) is 0 Å². The molecule has 0 aromatic heterocycles. The predicted molar refractivity (Wildman–Crippen MR) is 86.7 cm³/mol. The summed E-state index contributed by atoms with van der Waals surface area (Å²) >= 11 is 0. The van der Waals surface area contributed by atoms with Crippen molar-refractivity contribution < 1.29 is 9.47 Å². The van der Waals surface area contributed by atoms with Crippen LogP contribution in [0.3, 0.4) is 0 Å². The Morgan fingerprint density at radius 1 is 1.24 bits per heavy atom. The molecule has 1 aliphatic heterocycles. The molecule has 1 saturated heterocycles. The molecule has 1 aromatic carbocycles. The average molecular weight is 291 g/mol. The number of nitrogens with one attached hydrogen (secondary N) is 1. The fourth-order valence-electron chi connectivity index (χ4n) is 2.35. The predicted octanol–water partition coefficient (Wildman–Crippen LogP) is 3.44. The summed E-state index contributed by atoms with van der Waals surface area (Å²) in [6, 6.07) is 9.20. The van der Waals surface area contributed by atoms with Gasteiger partial charge in [0.25, 0.3) is 0 Å². The molecule has 1 unspecified atom stereocenters. The van der Waals surface area contributed by atoms with Crippen molar-refractivity contribution in [2.75, 3.05) is 26.4 Å². The summed E-state index contributed by atoms with van der Waals surface area (Å²) in [7, 11) is 0. The summed E-state index contributed by atoms with van der Waals surface area (Å²) in [6.07, 6.45) is 1.41. The summed E-state index contributed by atoms with van der Waals surface area (Å²) in [6.45, 7) is 12.1. The van der Waals surface area contributed by atoms with Gasteiger partial charge in [0, 0.05) is 0 Å². The van der Waals surface area contributed by atoms with Gasteiger partial charge in [0.05, 0.1) is 25.9 Å². The first-order valence-corrected chi connectivity index (χ1v) is 8.04. The number of rotatable bonds is 7. The molecule has 3 nitrogen and oxygen atoms in total. The average Bonchev–Trinajstić information content (AvgIpc) is 2.40. The van der Waals surface area contributed by atoms with Crippen molar-refractivity contribution in [3.8, 4) is 0 Å². The molecule has 118 valence electrons. The summed E-state index contributed by atoms with van der Waals surface area (Å²) in [4.78, 5) is 0. The highest BCUT2D eigenvalue weighted by molar-refractivity contribution is 5.29. The quantitative estimate of drug-likeness (QED) is 0.835. The minimum Gasteiger partial charge on any atom is -0.376 e. The van der Waals surface area contributed by atoms with Crippen LogP contribution in [0.15, 0.2) is 24.3 Å². The molecule has 1 heterocycles. The lowest BCUT2D eigenvalue weighted by atomic mass is 9.86. The van der Waals surface area contributed by atoms with Gasteiger partial charge in [-0.05, 0) is 29.5 Å². The van der Waals surface area contributed by atoms with Crippen LogP contribution in [-0.4, -0.2) is 32.5 Å². The van der Waals surface area contributed by atoms with Gasteiger partial charge in [-0.15, -0.1) is 0 Å². The van der Waals surface area contributed by atoms with Gasteiger partial charge in [-0.25, -0.2) is 0 Å². The topological polar surface area (TPSA) is 30.5 Å². The zero-order valence-corrected chi connectivity index (χ0v) is 13.8. The fraction of sp³-hybridized carbons (Fsp3) is 0.667. The molecule has 2 rings (SSSR count). The van der Waals surface area contributed by atoms with Gasteiger partial charge in [-0.1, -0.05) is 52.0 Å². The molecule has 0 radical (unpaired) electrons. The van der Waals surface area contributed by atoms with E-state index >= 15 is 0 Å². The third kappa shape index (κ3) is 4.80. The van der Waals surface area contributed by atoms with Crippen LogP contribution in [0.5, 0.6) is 0 Å². The van der Waals surface area contributed by atoms with E-state index in [1.165, 1.54) is 11.1 Å². The molecule has 3 heteroatoms. The van der Waals surface area contributed by atoms with Gasteiger partial charge >= 0.3 is 0 Å². The second kappa shape index (κ2) is 7.39. The lowest BCUT2D eigenvalue weighted by Gasteiger charge is -2.29. The highest BCUT2D eigenvalue weighted by Gasteiger charge is 2.21. The van der Waals surface area contributed by atoms with Crippen LogP contribution in [-0.2, 0) is 14.9 Å². The van der Waals surface area contributed by atoms with Gasteiger partial charge in [-0.3, -0.25) is 0 Å². The van der Waals surface area contributed by atoms with Gasteiger partial charge in [-0.2, -0.15) is 0 Å². The first-order valence-electron chi connectivity index (χ1n) is 8.04. The molecule has 1 N–H and O–H groups in total. The van der Waals surface area contributed by atoms with E-state index in [0.29, 0.717) is 6.61 Å². The van der Waals surface area contributed by atoms with Crippen LogP contribution in [0, 0.1) is 0 Å². The second-order valence-electron chi connectivity index (χ2n) is 6.87. The number of hydrogen-bond acceptors (Lipinski definition) is 3. The van der Waals surface area contributed by atoms with E-state index in [1.807, 2.05) is 0 Å². The Hall–Kier alpha value is -0.900. The monoisotopic (exact) mass is 291 g/mol.